The second kappa shape index (κ2) is 7.29. The summed E-state index contributed by atoms with van der Waals surface area (Å²) in [6.07, 6.45) is -10.3. The molecule has 12 heteroatoms. The van der Waals surface area contributed by atoms with Gasteiger partial charge in [-0.2, -0.15) is 31.4 Å². The lowest BCUT2D eigenvalue weighted by Gasteiger charge is -2.22. The van der Waals surface area contributed by atoms with Crippen molar-refractivity contribution in [2.45, 2.75) is 24.8 Å². The first-order valence-electron chi connectivity index (χ1n) is 8.56. The standard InChI is InChI=1S/C19H13F6N3O3/c1-17(11-5-3-2-4-6-11)15(30)28(16(31)26-17)27-14(29)10-7-12(18(20,21)22)9-13(8-10)19(23,24)25/h2-9H,1H3,(H,26,31)(H,27,29). The van der Waals surface area contributed by atoms with Crippen molar-refractivity contribution in [2.75, 3.05) is 0 Å². The van der Waals surface area contributed by atoms with E-state index in [-0.39, 0.29) is 23.2 Å². The third-order valence-electron chi connectivity index (χ3n) is 4.61. The van der Waals surface area contributed by atoms with Crippen LogP contribution in [0.3, 0.4) is 0 Å². The Morgan fingerprint density at radius 2 is 1.45 bits per heavy atom. The van der Waals surface area contributed by atoms with Gasteiger partial charge >= 0.3 is 18.4 Å². The summed E-state index contributed by atoms with van der Waals surface area (Å²) < 4.78 is 77.9. The molecule has 1 fully saturated rings. The van der Waals surface area contributed by atoms with Crippen LogP contribution in [0.4, 0.5) is 31.1 Å². The zero-order chi connectivity index (χ0) is 23.2. The first-order chi connectivity index (χ1) is 14.2. The third-order valence-corrected chi connectivity index (χ3v) is 4.61. The third kappa shape index (κ3) is 4.18. The number of halogens is 6. The van der Waals surface area contributed by atoms with Crippen LogP contribution in [0.1, 0.15) is 34.0 Å². The smallest absolute Gasteiger partial charge is 0.318 e. The summed E-state index contributed by atoms with van der Waals surface area (Å²) in [6.45, 7) is 1.33. The Balaban J connectivity index is 1.93. The molecule has 0 aromatic heterocycles. The van der Waals surface area contributed by atoms with Gasteiger partial charge in [-0.3, -0.25) is 15.0 Å². The Hall–Kier alpha value is -3.57. The van der Waals surface area contributed by atoms with E-state index in [0.29, 0.717) is 5.56 Å². The fourth-order valence-corrected chi connectivity index (χ4v) is 2.96. The van der Waals surface area contributed by atoms with E-state index in [1.54, 1.807) is 23.6 Å². The number of alkyl halides is 6. The summed E-state index contributed by atoms with van der Waals surface area (Å²) in [7, 11) is 0. The molecule has 1 heterocycles. The Morgan fingerprint density at radius 3 is 1.94 bits per heavy atom. The van der Waals surface area contributed by atoms with Gasteiger partial charge in [-0.25, -0.2) is 4.79 Å². The van der Waals surface area contributed by atoms with Crippen LogP contribution >= 0.6 is 0 Å². The summed E-state index contributed by atoms with van der Waals surface area (Å²) in [5.74, 6) is -2.47. The van der Waals surface area contributed by atoms with Gasteiger partial charge < -0.3 is 5.32 Å². The first-order valence-corrected chi connectivity index (χ1v) is 8.56. The number of carbonyl (C=O) groups excluding carboxylic acids is 3. The van der Waals surface area contributed by atoms with Gasteiger partial charge in [0.2, 0.25) is 0 Å². The van der Waals surface area contributed by atoms with Crippen LogP contribution in [0.15, 0.2) is 48.5 Å². The van der Waals surface area contributed by atoms with E-state index in [1.807, 2.05) is 0 Å². The molecule has 0 aliphatic carbocycles. The maximum atomic E-state index is 13.0. The highest BCUT2D eigenvalue weighted by Crippen LogP contribution is 2.36. The van der Waals surface area contributed by atoms with Crippen molar-refractivity contribution in [3.05, 3.63) is 70.8 Å². The molecule has 2 N–H and O–H groups in total. The van der Waals surface area contributed by atoms with Gasteiger partial charge in [-0.15, -0.1) is 0 Å². The summed E-state index contributed by atoms with van der Waals surface area (Å²) in [5.41, 5.74) is -3.93. The number of carbonyl (C=O) groups is 3. The van der Waals surface area contributed by atoms with E-state index >= 15 is 0 Å². The Bertz CT molecular complexity index is 1020. The molecule has 31 heavy (non-hydrogen) atoms. The number of benzene rings is 2. The van der Waals surface area contributed by atoms with Crippen LogP contribution in [-0.2, 0) is 22.7 Å². The van der Waals surface area contributed by atoms with Crippen molar-refractivity contribution in [3.63, 3.8) is 0 Å². The molecule has 3 rings (SSSR count). The van der Waals surface area contributed by atoms with Gasteiger partial charge in [-0.1, -0.05) is 30.3 Å². The van der Waals surface area contributed by atoms with Crippen LogP contribution in [0.25, 0.3) is 0 Å². The molecule has 0 radical (unpaired) electrons. The molecule has 1 unspecified atom stereocenters. The quantitative estimate of drug-likeness (QED) is 0.557. The molecule has 6 nitrogen and oxygen atoms in total. The minimum absolute atomic E-state index is 0.142. The molecular weight excluding hydrogens is 432 g/mol. The highest BCUT2D eigenvalue weighted by Gasteiger charge is 2.50. The molecule has 0 spiro atoms. The highest BCUT2D eigenvalue weighted by atomic mass is 19.4. The van der Waals surface area contributed by atoms with E-state index in [2.05, 4.69) is 5.32 Å². The predicted octanol–water partition coefficient (Wildman–Crippen LogP) is 3.84. The number of hydrogen-bond donors (Lipinski definition) is 2. The number of rotatable bonds is 3. The summed E-state index contributed by atoms with van der Waals surface area (Å²) >= 11 is 0. The molecule has 0 saturated carbocycles. The fraction of sp³-hybridized carbons (Fsp3) is 0.211. The number of hydrogen-bond acceptors (Lipinski definition) is 3. The molecule has 1 atom stereocenters. The normalized spacial score (nSPS) is 19.4. The number of urea groups is 1. The topological polar surface area (TPSA) is 78.5 Å². The molecule has 4 amide bonds. The van der Waals surface area contributed by atoms with Crippen LogP contribution in [0, 0.1) is 0 Å². The maximum Gasteiger partial charge on any atom is 0.416 e. The van der Waals surface area contributed by atoms with Crippen molar-refractivity contribution in [1.29, 1.82) is 0 Å². The monoisotopic (exact) mass is 445 g/mol. The minimum Gasteiger partial charge on any atom is -0.318 e. The summed E-state index contributed by atoms with van der Waals surface area (Å²) in [4.78, 5) is 37.3. The molecule has 2 aromatic carbocycles. The highest BCUT2D eigenvalue weighted by molar-refractivity contribution is 6.09. The van der Waals surface area contributed by atoms with E-state index in [9.17, 15) is 40.7 Å². The Morgan fingerprint density at radius 1 is 0.935 bits per heavy atom. The van der Waals surface area contributed by atoms with E-state index in [4.69, 9.17) is 0 Å². The van der Waals surface area contributed by atoms with Crippen LogP contribution in [0.2, 0.25) is 0 Å². The summed E-state index contributed by atoms with van der Waals surface area (Å²) in [6, 6.07) is 7.01. The van der Waals surface area contributed by atoms with Crippen molar-refractivity contribution in [3.8, 4) is 0 Å². The largest absolute Gasteiger partial charge is 0.416 e. The van der Waals surface area contributed by atoms with Crippen molar-refractivity contribution < 1.29 is 40.7 Å². The number of amides is 4. The molecular formula is C19H13F6N3O3. The molecule has 1 aliphatic rings. The van der Waals surface area contributed by atoms with Crippen LogP contribution in [0.5, 0.6) is 0 Å². The van der Waals surface area contributed by atoms with Crippen molar-refractivity contribution in [1.82, 2.24) is 15.8 Å². The van der Waals surface area contributed by atoms with Gasteiger partial charge in [0.25, 0.3) is 11.8 Å². The zero-order valence-corrected chi connectivity index (χ0v) is 15.6. The lowest BCUT2D eigenvalue weighted by atomic mass is 9.92. The van der Waals surface area contributed by atoms with Gasteiger partial charge in [-0.05, 0) is 30.7 Å². The lowest BCUT2D eigenvalue weighted by molar-refractivity contribution is -0.143. The molecule has 0 bridgehead atoms. The van der Waals surface area contributed by atoms with Gasteiger partial charge in [0, 0.05) is 5.56 Å². The Kier molecular flexibility index (Phi) is 5.20. The second-order valence-corrected chi connectivity index (χ2v) is 6.80. The van der Waals surface area contributed by atoms with Gasteiger partial charge in [0.05, 0.1) is 11.1 Å². The van der Waals surface area contributed by atoms with Crippen LogP contribution in [-0.4, -0.2) is 22.9 Å². The van der Waals surface area contributed by atoms with E-state index in [0.717, 1.165) is 0 Å². The van der Waals surface area contributed by atoms with Crippen molar-refractivity contribution >= 4 is 17.8 Å². The average molecular weight is 445 g/mol. The Labute approximate surface area is 170 Å². The number of nitrogens with one attached hydrogen (secondary N) is 2. The minimum atomic E-state index is -5.16. The first kappa shape index (κ1) is 22.1. The summed E-state index contributed by atoms with van der Waals surface area (Å²) in [5, 5.41) is 2.55. The van der Waals surface area contributed by atoms with Gasteiger partial charge in [0.15, 0.2) is 0 Å². The van der Waals surface area contributed by atoms with E-state index in [1.165, 1.54) is 19.1 Å². The second-order valence-electron chi connectivity index (χ2n) is 6.80. The SMILES string of the molecule is CC1(c2ccccc2)NC(=O)N(NC(=O)c2cc(C(F)(F)F)cc(C(F)(F)F)c2)C1=O. The van der Waals surface area contributed by atoms with Crippen LogP contribution < -0.4 is 10.7 Å². The van der Waals surface area contributed by atoms with Gasteiger partial charge in [0.1, 0.15) is 5.54 Å². The number of imide groups is 1. The number of nitrogens with zero attached hydrogens (tertiary/aromatic N) is 1. The predicted molar refractivity (Wildman–Crippen MR) is 93.1 cm³/mol. The fourth-order valence-electron chi connectivity index (χ4n) is 2.96. The molecule has 1 aliphatic heterocycles. The molecule has 1 saturated heterocycles. The lowest BCUT2D eigenvalue weighted by Crippen LogP contribution is -2.48. The van der Waals surface area contributed by atoms with E-state index < -0.39 is 52.4 Å². The number of hydrazine groups is 1. The molecule has 164 valence electrons. The maximum absolute atomic E-state index is 13.0. The average Bonchev–Trinajstić information content (AvgIpc) is 2.91. The van der Waals surface area contributed by atoms with Crippen molar-refractivity contribution in [2.24, 2.45) is 0 Å². The molecule has 2 aromatic rings. The zero-order valence-electron chi connectivity index (χ0n) is 15.6.